The van der Waals surface area contributed by atoms with Gasteiger partial charge in [0.05, 0.1) is 10.7 Å². The summed E-state index contributed by atoms with van der Waals surface area (Å²) in [5.41, 5.74) is -0.793. The molecule has 288 valence electrons. The van der Waals surface area contributed by atoms with E-state index in [0.717, 1.165) is 44.0 Å². The maximum atomic E-state index is 14.2. The van der Waals surface area contributed by atoms with E-state index in [1.807, 2.05) is 13.8 Å². The van der Waals surface area contributed by atoms with Gasteiger partial charge in [-0.3, -0.25) is 24.8 Å². The van der Waals surface area contributed by atoms with Gasteiger partial charge in [-0.05, 0) is 92.7 Å². The Hall–Kier alpha value is -2.21. The van der Waals surface area contributed by atoms with Crippen LogP contribution in [0.15, 0.2) is 29.8 Å². The molecule has 3 heterocycles. The van der Waals surface area contributed by atoms with Crippen LogP contribution in [0.5, 0.6) is 0 Å². The Bertz CT molecular complexity index is 1550. The van der Waals surface area contributed by atoms with Gasteiger partial charge in [-0.2, -0.15) is 0 Å². The lowest BCUT2D eigenvalue weighted by atomic mass is 9.55. The van der Waals surface area contributed by atoms with E-state index in [1.54, 1.807) is 25.2 Å². The summed E-state index contributed by atoms with van der Waals surface area (Å²) < 4.78 is 12.2. The number of benzene rings is 1. The predicted octanol–water partition coefficient (Wildman–Crippen LogP) is 6.11. The Morgan fingerprint density at radius 3 is 2.60 bits per heavy atom. The molecule has 0 spiro atoms. The van der Waals surface area contributed by atoms with Gasteiger partial charge in [0, 0.05) is 45.0 Å². The fourth-order valence-electron chi connectivity index (χ4n) is 11.4. The molecule has 0 amide bonds. The number of nitrogens with zero attached hydrogens (tertiary/aromatic N) is 2. The topological polar surface area (TPSA) is 121 Å². The highest BCUT2D eigenvalue weighted by atomic mass is 35.5. The number of halogens is 1. The number of ether oxygens (including phenoxy) is 2. The van der Waals surface area contributed by atoms with E-state index in [2.05, 4.69) is 30.1 Å². The first-order valence-corrected chi connectivity index (χ1v) is 20.2. The monoisotopic (exact) mass is 741 g/mol. The number of anilines is 1. The second kappa shape index (κ2) is 14.5. The molecule has 0 aromatic heterocycles. The summed E-state index contributed by atoms with van der Waals surface area (Å²) in [6, 6.07) is 4.32. The fourth-order valence-corrected chi connectivity index (χ4v) is 11.7. The molecule has 2 saturated heterocycles. The molecule has 6 aliphatic rings. The Labute approximate surface area is 314 Å². The maximum Gasteiger partial charge on any atom is 0.323 e. The van der Waals surface area contributed by atoms with Crippen LogP contribution in [0, 0.1) is 35.0 Å². The third-order valence-electron chi connectivity index (χ3n) is 14.2. The van der Waals surface area contributed by atoms with Crippen LogP contribution in [0.4, 0.5) is 5.69 Å². The Balaban J connectivity index is 1.12. The molecule has 11 heteroatoms. The van der Waals surface area contributed by atoms with E-state index in [-0.39, 0.29) is 24.2 Å². The van der Waals surface area contributed by atoms with Crippen molar-refractivity contribution in [1.82, 2.24) is 10.2 Å². The van der Waals surface area contributed by atoms with Crippen molar-refractivity contribution in [2.75, 3.05) is 31.7 Å². The summed E-state index contributed by atoms with van der Waals surface area (Å²) in [4.78, 5) is 35.4. The second-order valence-corrected chi connectivity index (χ2v) is 18.0. The quantitative estimate of drug-likeness (QED) is 0.223. The molecule has 2 saturated carbocycles. The first-order valence-electron chi connectivity index (χ1n) is 19.8. The standard InChI is InChI=1S/C41H60ClN3O7/c1-24-20-31-29(25(2)22-45-19-11-18-39(5,23-45)28-12-8-7-9-13-28)17-16-26(3)41(31,49)36(35(24)50-27(4)46)51-37(47)33-21-40(48)30-14-10-15-32(42)34(30)44(6)52-38(40)43-33/h10,14-15,20,25-26,28-29,31,33,35-36,38,43,48-49H,7-9,11-13,16-19,21-23H2,1-6H3/t25?,26-,29+,31-,33+,35-,36+,38-,39?,40-,41-/m1/s1. The molecular weight excluding hydrogens is 682 g/mol. The number of para-hydroxylation sites is 1. The van der Waals surface area contributed by atoms with E-state index in [1.165, 1.54) is 56.9 Å². The number of carbonyl (C=O) groups is 2. The highest BCUT2D eigenvalue weighted by Gasteiger charge is 2.62. The minimum atomic E-state index is -1.55. The van der Waals surface area contributed by atoms with Crippen molar-refractivity contribution in [1.29, 1.82) is 0 Å². The average Bonchev–Trinajstić information content (AvgIpc) is 3.45. The highest BCUT2D eigenvalue weighted by molar-refractivity contribution is 6.33. The number of hydroxylamine groups is 1. The van der Waals surface area contributed by atoms with E-state index in [4.69, 9.17) is 25.9 Å². The van der Waals surface area contributed by atoms with Crippen LogP contribution in [0.3, 0.4) is 0 Å². The molecule has 11 atom stereocenters. The summed E-state index contributed by atoms with van der Waals surface area (Å²) in [5.74, 6) is -0.421. The van der Waals surface area contributed by atoms with Crippen molar-refractivity contribution >= 4 is 29.2 Å². The van der Waals surface area contributed by atoms with Gasteiger partial charge >= 0.3 is 11.9 Å². The predicted molar refractivity (Wildman–Crippen MR) is 199 cm³/mol. The zero-order chi connectivity index (χ0) is 37.2. The van der Waals surface area contributed by atoms with Gasteiger partial charge in [0.25, 0.3) is 0 Å². The van der Waals surface area contributed by atoms with E-state index < -0.39 is 47.6 Å². The van der Waals surface area contributed by atoms with Crippen LogP contribution in [0.25, 0.3) is 0 Å². The van der Waals surface area contributed by atoms with Crippen molar-refractivity contribution in [2.24, 2.45) is 35.0 Å². The molecule has 52 heavy (non-hydrogen) atoms. The lowest BCUT2D eigenvalue weighted by Gasteiger charge is -2.56. The summed E-state index contributed by atoms with van der Waals surface area (Å²) in [5, 5.41) is 30.0. The first-order chi connectivity index (χ1) is 24.7. The summed E-state index contributed by atoms with van der Waals surface area (Å²) in [6.45, 7) is 13.3. The largest absolute Gasteiger partial charge is 0.454 e. The van der Waals surface area contributed by atoms with Crippen LogP contribution in [0.1, 0.15) is 104 Å². The first kappa shape index (κ1) is 38.1. The van der Waals surface area contributed by atoms with Crippen molar-refractivity contribution in [3.05, 3.63) is 40.4 Å². The number of esters is 2. The van der Waals surface area contributed by atoms with Crippen molar-refractivity contribution < 1.29 is 34.1 Å². The SMILES string of the molecule is CC(=O)O[C@@H]1C(C)=C[C@@H]2[C@H](C(C)CN3CCCC(C)(C4CCCCC4)C3)CC[C@@H](C)[C@]2(O)[C@H]1OC(=O)[C@@H]1C[C@@]2(O)c3cccc(Cl)c3N(C)O[C@H]2N1. The molecule has 0 bridgehead atoms. The molecule has 7 rings (SSSR count). The van der Waals surface area contributed by atoms with Crippen LogP contribution in [-0.2, 0) is 29.5 Å². The minimum absolute atomic E-state index is 0.0237. The van der Waals surface area contributed by atoms with Gasteiger partial charge in [0.2, 0.25) is 0 Å². The molecule has 2 unspecified atom stereocenters. The van der Waals surface area contributed by atoms with Crippen molar-refractivity contribution in [3.63, 3.8) is 0 Å². The normalized spacial score (nSPS) is 40.2. The molecule has 3 N–H and O–H groups in total. The summed E-state index contributed by atoms with van der Waals surface area (Å²) >= 11 is 6.49. The van der Waals surface area contributed by atoms with Gasteiger partial charge in [0.1, 0.15) is 17.2 Å². The Morgan fingerprint density at radius 2 is 1.87 bits per heavy atom. The molecule has 3 aliphatic heterocycles. The number of hydrogen-bond donors (Lipinski definition) is 3. The number of nitrogens with one attached hydrogen (secondary N) is 1. The number of hydrogen-bond acceptors (Lipinski definition) is 10. The van der Waals surface area contributed by atoms with Gasteiger partial charge in [-0.25, -0.2) is 0 Å². The third kappa shape index (κ3) is 6.61. The second-order valence-electron chi connectivity index (χ2n) is 17.6. The molecule has 1 aromatic rings. The maximum absolute atomic E-state index is 14.2. The summed E-state index contributed by atoms with van der Waals surface area (Å²) in [7, 11) is 1.71. The molecule has 3 aliphatic carbocycles. The smallest absolute Gasteiger partial charge is 0.323 e. The lowest BCUT2D eigenvalue weighted by molar-refractivity contribution is -0.225. The van der Waals surface area contributed by atoms with E-state index in [0.29, 0.717) is 27.6 Å². The highest BCUT2D eigenvalue weighted by Crippen LogP contribution is 2.54. The van der Waals surface area contributed by atoms with Gasteiger partial charge in [-0.15, -0.1) is 0 Å². The zero-order valence-electron chi connectivity index (χ0n) is 31.9. The van der Waals surface area contributed by atoms with Crippen LogP contribution in [-0.4, -0.2) is 83.8 Å². The van der Waals surface area contributed by atoms with Gasteiger partial charge in [-0.1, -0.05) is 69.8 Å². The van der Waals surface area contributed by atoms with Crippen molar-refractivity contribution in [2.45, 2.75) is 135 Å². The molecule has 4 fully saturated rings. The van der Waals surface area contributed by atoms with Crippen molar-refractivity contribution in [3.8, 4) is 0 Å². The number of piperidine rings is 1. The molecular formula is C41H60ClN3O7. The summed E-state index contributed by atoms with van der Waals surface area (Å²) in [6.07, 6.45) is 10.1. The van der Waals surface area contributed by atoms with E-state index >= 15 is 0 Å². The lowest BCUT2D eigenvalue weighted by Crippen LogP contribution is -2.66. The molecule has 1 aromatic carbocycles. The van der Waals surface area contributed by atoms with Crippen LogP contribution >= 0.6 is 11.6 Å². The van der Waals surface area contributed by atoms with Gasteiger partial charge < -0.3 is 24.6 Å². The Kier molecular flexibility index (Phi) is 10.6. The third-order valence-corrected chi connectivity index (χ3v) is 14.5. The molecule has 10 nitrogen and oxygen atoms in total. The van der Waals surface area contributed by atoms with Crippen LogP contribution in [0.2, 0.25) is 5.02 Å². The Morgan fingerprint density at radius 1 is 1.12 bits per heavy atom. The minimum Gasteiger partial charge on any atom is -0.454 e. The number of fused-ring (bicyclic) bond motifs is 4. The van der Waals surface area contributed by atoms with Gasteiger partial charge in [0.15, 0.2) is 18.4 Å². The van der Waals surface area contributed by atoms with Crippen LogP contribution < -0.4 is 10.4 Å². The number of likely N-dealkylation sites (tertiary alicyclic amines) is 1. The number of aliphatic hydroxyl groups is 2. The number of rotatable bonds is 7. The zero-order valence-corrected chi connectivity index (χ0v) is 32.7. The van der Waals surface area contributed by atoms with E-state index in [9.17, 15) is 19.8 Å². The average molecular weight is 742 g/mol. The molecule has 0 radical (unpaired) electrons. The fraction of sp³-hybridized carbons (Fsp3) is 0.756. The number of carbonyl (C=O) groups excluding carboxylic acids is 2.